The Hall–Kier alpha value is -2.20. The first kappa shape index (κ1) is 15.2. The predicted octanol–water partition coefficient (Wildman–Crippen LogP) is 3.37. The number of aliphatic hydroxyl groups is 1. The SMILES string of the molecule is COc1ccc(C(C)Nc2ccc(OC)c(CO)c2)cc1. The van der Waals surface area contributed by atoms with Gasteiger partial charge in [0.25, 0.3) is 0 Å². The number of nitrogens with one attached hydrogen (secondary N) is 1. The van der Waals surface area contributed by atoms with E-state index in [9.17, 15) is 5.11 Å². The maximum atomic E-state index is 9.36. The smallest absolute Gasteiger partial charge is 0.124 e. The van der Waals surface area contributed by atoms with Crippen LogP contribution < -0.4 is 14.8 Å². The van der Waals surface area contributed by atoms with E-state index >= 15 is 0 Å². The van der Waals surface area contributed by atoms with E-state index in [2.05, 4.69) is 12.2 Å². The van der Waals surface area contributed by atoms with Crippen molar-refractivity contribution in [3.8, 4) is 11.5 Å². The molecule has 0 bridgehead atoms. The second-order valence-corrected chi connectivity index (χ2v) is 4.82. The van der Waals surface area contributed by atoms with Crippen molar-refractivity contribution in [2.24, 2.45) is 0 Å². The molecule has 4 nitrogen and oxygen atoms in total. The van der Waals surface area contributed by atoms with Crippen LogP contribution >= 0.6 is 0 Å². The van der Waals surface area contributed by atoms with E-state index in [1.165, 1.54) is 0 Å². The lowest BCUT2D eigenvalue weighted by molar-refractivity contribution is 0.274. The Bertz CT molecular complexity index is 581. The van der Waals surface area contributed by atoms with Gasteiger partial charge >= 0.3 is 0 Å². The van der Waals surface area contributed by atoms with Crippen molar-refractivity contribution in [3.05, 3.63) is 53.6 Å². The van der Waals surface area contributed by atoms with Crippen molar-refractivity contribution >= 4 is 5.69 Å². The fraction of sp³-hybridized carbons (Fsp3) is 0.294. The first-order valence-corrected chi connectivity index (χ1v) is 6.86. The number of hydrogen-bond donors (Lipinski definition) is 2. The molecule has 21 heavy (non-hydrogen) atoms. The second-order valence-electron chi connectivity index (χ2n) is 4.82. The van der Waals surface area contributed by atoms with Gasteiger partial charge < -0.3 is 19.9 Å². The monoisotopic (exact) mass is 287 g/mol. The van der Waals surface area contributed by atoms with Crippen LogP contribution in [0.2, 0.25) is 0 Å². The van der Waals surface area contributed by atoms with Crippen LogP contribution in [0.5, 0.6) is 11.5 Å². The number of methoxy groups -OCH3 is 2. The number of benzene rings is 2. The largest absolute Gasteiger partial charge is 0.497 e. The Balaban J connectivity index is 2.12. The van der Waals surface area contributed by atoms with E-state index in [0.717, 1.165) is 22.6 Å². The molecule has 2 N–H and O–H groups in total. The molecule has 2 aromatic rings. The molecule has 0 amide bonds. The third kappa shape index (κ3) is 3.67. The van der Waals surface area contributed by atoms with E-state index in [-0.39, 0.29) is 12.6 Å². The predicted molar refractivity (Wildman–Crippen MR) is 83.9 cm³/mol. The molecule has 0 heterocycles. The van der Waals surface area contributed by atoms with Gasteiger partial charge in [-0.15, -0.1) is 0 Å². The van der Waals surface area contributed by atoms with Crippen LogP contribution in [0.4, 0.5) is 5.69 Å². The van der Waals surface area contributed by atoms with Crippen molar-refractivity contribution in [1.82, 2.24) is 0 Å². The summed E-state index contributed by atoms with van der Waals surface area (Å²) >= 11 is 0. The number of aliphatic hydroxyl groups excluding tert-OH is 1. The minimum absolute atomic E-state index is 0.0460. The minimum atomic E-state index is -0.0460. The van der Waals surface area contributed by atoms with Gasteiger partial charge in [0.05, 0.1) is 20.8 Å². The van der Waals surface area contributed by atoms with Gasteiger partial charge in [0.2, 0.25) is 0 Å². The summed E-state index contributed by atoms with van der Waals surface area (Å²) in [5.74, 6) is 1.54. The molecule has 0 saturated carbocycles. The van der Waals surface area contributed by atoms with E-state index in [1.54, 1.807) is 14.2 Å². The van der Waals surface area contributed by atoms with E-state index in [1.807, 2.05) is 42.5 Å². The number of anilines is 1. The van der Waals surface area contributed by atoms with Gasteiger partial charge in [-0.1, -0.05) is 12.1 Å². The summed E-state index contributed by atoms with van der Waals surface area (Å²) in [6.45, 7) is 2.04. The molecule has 0 aromatic heterocycles. The minimum Gasteiger partial charge on any atom is -0.497 e. The summed E-state index contributed by atoms with van der Waals surface area (Å²) in [6.07, 6.45) is 0. The zero-order chi connectivity index (χ0) is 15.2. The average Bonchev–Trinajstić information content (AvgIpc) is 2.54. The van der Waals surface area contributed by atoms with Gasteiger partial charge in [-0.25, -0.2) is 0 Å². The molecular formula is C17H21NO3. The fourth-order valence-electron chi connectivity index (χ4n) is 2.22. The highest BCUT2D eigenvalue weighted by molar-refractivity contribution is 5.52. The quantitative estimate of drug-likeness (QED) is 0.855. The Morgan fingerprint density at radius 1 is 1.05 bits per heavy atom. The Kier molecular flexibility index (Phi) is 5.06. The fourth-order valence-corrected chi connectivity index (χ4v) is 2.22. The molecule has 0 radical (unpaired) electrons. The van der Waals surface area contributed by atoms with Crippen molar-refractivity contribution in [2.45, 2.75) is 19.6 Å². The number of ether oxygens (including phenoxy) is 2. The molecule has 0 aliphatic carbocycles. The molecule has 4 heteroatoms. The van der Waals surface area contributed by atoms with Crippen molar-refractivity contribution in [2.75, 3.05) is 19.5 Å². The van der Waals surface area contributed by atoms with Crippen LogP contribution in [0.1, 0.15) is 24.1 Å². The highest BCUT2D eigenvalue weighted by atomic mass is 16.5. The maximum Gasteiger partial charge on any atom is 0.124 e. The van der Waals surface area contributed by atoms with Crippen molar-refractivity contribution < 1.29 is 14.6 Å². The molecule has 0 aliphatic rings. The second kappa shape index (κ2) is 6.99. The first-order chi connectivity index (χ1) is 10.2. The highest BCUT2D eigenvalue weighted by Crippen LogP contribution is 2.26. The Morgan fingerprint density at radius 3 is 2.33 bits per heavy atom. The molecule has 2 aromatic carbocycles. The average molecular weight is 287 g/mol. The summed E-state index contributed by atoms with van der Waals surface area (Å²) < 4.78 is 10.4. The van der Waals surface area contributed by atoms with Gasteiger partial charge in [-0.3, -0.25) is 0 Å². The standard InChI is InChI=1S/C17H21NO3/c1-12(13-4-7-16(20-2)8-5-13)18-15-6-9-17(21-3)14(10-15)11-19/h4-10,12,18-19H,11H2,1-3H3. The Labute approximate surface area is 125 Å². The maximum absolute atomic E-state index is 9.36. The molecule has 0 fully saturated rings. The van der Waals surface area contributed by atoms with Gasteiger partial charge in [-0.2, -0.15) is 0 Å². The van der Waals surface area contributed by atoms with Crippen molar-refractivity contribution in [3.63, 3.8) is 0 Å². The third-order valence-corrected chi connectivity index (χ3v) is 3.45. The van der Waals surface area contributed by atoms with E-state index in [0.29, 0.717) is 5.75 Å². The summed E-state index contributed by atoms with van der Waals surface area (Å²) in [5.41, 5.74) is 2.88. The van der Waals surface area contributed by atoms with Gasteiger partial charge in [0, 0.05) is 17.3 Å². The zero-order valence-corrected chi connectivity index (χ0v) is 12.6. The van der Waals surface area contributed by atoms with Crippen molar-refractivity contribution in [1.29, 1.82) is 0 Å². The van der Waals surface area contributed by atoms with Crippen LogP contribution in [0, 0.1) is 0 Å². The lowest BCUT2D eigenvalue weighted by atomic mass is 10.1. The van der Waals surface area contributed by atoms with Gasteiger partial charge in [0.1, 0.15) is 11.5 Å². The molecule has 112 valence electrons. The number of rotatable bonds is 6. The van der Waals surface area contributed by atoms with E-state index < -0.39 is 0 Å². The zero-order valence-electron chi connectivity index (χ0n) is 12.6. The summed E-state index contributed by atoms with van der Waals surface area (Å²) in [4.78, 5) is 0. The molecule has 0 aliphatic heterocycles. The lowest BCUT2D eigenvalue weighted by Crippen LogP contribution is -2.07. The van der Waals surface area contributed by atoms with Crippen LogP contribution in [0.15, 0.2) is 42.5 Å². The molecular weight excluding hydrogens is 266 g/mol. The molecule has 1 unspecified atom stereocenters. The first-order valence-electron chi connectivity index (χ1n) is 6.86. The highest BCUT2D eigenvalue weighted by Gasteiger charge is 2.08. The topological polar surface area (TPSA) is 50.7 Å². The third-order valence-electron chi connectivity index (χ3n) is 3.45. The van der Waals surface area contributed by atoms with Gasteiger partial charge in [-0.05, 0) is 42.8 Å². The van der Waals surface area contributed by atoms with Crippen LogP contribution in [-0.2, 0) is 6.61 Å². The molecule has 2 rings (SSSR count). The summed E-state index contributed by atoms with van der Waals surface area (Å²) in [6, 6.07) is 13.8. The number of hydrogen-bond acceptors (Lipinski definition) is 4. The van der Waals surface area contributed by atoms with Crippen LogP contribution in [0.25, 0.3) is 0 Å². The normalized spacial score (nSPS) is 11.8. The van der Waals surface area contributed by atoms with Crippen LogP contribution in [0.3, 0.4) is 0 Å². The Morgan fingerprint density at radius 2 is 1.76 bits per heavy atom. The lowest BCUT2D eigenvalue weighted by Gasteiger charge is -2.17. The molecule has 0 saturated heterocycles. The summed E-state index contributed by atoms with van der Waals surface area (Å²) in [7, 11) is 3.26. The molecule has 1 atom stereocenters. The van der Waals surface area contributed by atoms with Crippen LogP contribution in [-0.4, -0.2) is 19.3 Å². The van der Waals surface area contributed by atoms with Gasteiger partial charge in [0.15, 0.2) is 0 Å². The van der Waals surface area contributed by atoms with E-state index in [4.69, 9.17) is 9.47 Å². The summed E-state index contributed by atoms with van der Waals surface area (Å²) in [5, 5.41) is 12.8. The molecule has 0 spiro atoms.